The second kappa shape index (κ2) is 8.68. The van der Waals surface area contributed by atoms with Crippen molar-refractivity contribution >= 4 is 24.0 Å². The van der Waals surface area contributed by atoms with Crippen LogP contribution < -0.4 is 15.8 Å². The van der Waals surface area contributed by atoms with Gasteiger partial charge in [-0.1, -0.05) is 0 Å². The molecule has 0 heterocycles. The van der Waals surface area contributed by atoms with Crippen molar-refractivity contribution in [2.24, 2.45) is 5.73 Å². The number of carbonyl (C=O) groups is 1. The number of anilines is 1. The minimum Gasteiger partial charge on any atom is -0.491 e. The molecule has 0 saturated heterocycles. The predicted molar refractivity (Wildman–Crippen MR) is 73.3 cm³/mol. The molecule has 0 spiro atoms. The van der Waals surface area contributed by atoms with Crippen molar-refractivity contribution in [3.8, 4) is 5.75 Å². The maximum absolute atomic E-state index is 13.5. The van der Waals surface area contributed by atoms with Crippen molar-refractivity contribution in [3.63, 3.8) is 0 Å². The predicted octanol–water partition coefficient (Wildman–Crippen LogP) is 1.56. The highest BCUT2D eigenvalue weighted by atomic mass is 35.5. The van der Waals surface area contributed by atoms with Gasteiger partial charge in [0.15, 0.2) is 11.6 Å². The zero-order chi connectivity index (χ0) is 13.5. The van der Waals surface area contributed by atoms with Gasteiger partial charge in [0.25, 0.3) is 0 Å². The fraction of sp³-hybridized carbons (Fsp3) is 0.417. The van der Waals surface area contributed by atoms with Crippen LogP contribution in [0.5, 0.6) is 5.75 Å². The first-order valence-electron chi connectivity index (χ1n) is 5.56. The van der Waals surface area contributed by atoms with E-state index >= 15 is 0 Å². The van der Waals surface area contributed by atoms with Crippen molar-refractivity contribution in [1.82, 2.24) is 0 Å². The lowest BCUT2D eigenvalue weighted by molar-refractivity contribution is -0.118. The average Bonchev–Trinajstić information content (AvgIpc) is 2.33. The quantitative estimate of drug-likeness (QED) is 0.834. The number of nitrogens with two attached hydrogens (primary N) is 1. The van der Waals surface area contributed by atoms with Crippen molar-refractivity contribution in [2.75, 3.05) is 25.6 Å². The third-order valence-corrected chi connectivity index (χ3v) is 2.18. The number of rotatable bonds is 6. The molecule has 0 fully saturated rings. The maximum Gasteiger partial charge on any atom is 0.243 e. The van der Waals surface area contributed by atoms with Gasteiger partial charge in [0.1, 0.15) is 6.04 Å². The summed E-state index contributed by atoms with van der Waals surface area (Å²) in [5.41, 5.74) is 5.86. The molecule has 1 amide bonds. The summed E-state index contributed by atoms with van der Waals surface area (Å²) >= 11 is 0. The molecule has 7 heteroatoms. The summed E-state index contributed by atoms with van der Waals surface area (Å²) in [5, 5.41) is 2.50. The van der Waals surface area contributed by atoms with E-state index in [4.69, 9.17) is 15.2 Å². The number of methoxy groups -OCH3 is 1. The molecule has 0 aliphatic carbocycles. The van der Waals surface area contributed by atoms with Crippen LogP contribution in [0.3, 0.4) is 0 Å². The van der Waals surface area contributed by atoms with Crippen LogP contribution >= 0.6 is 12.4 Å². The largest absolute Gasteiger partial charge is 0.491 e. The van der Waals surface area contributed by atoms with E-state index in [0.29, 0.717) is 12.3 Å². The standard InChI is InChI=1S/C12H17FN2O3.ClH/c1-3-18-11-5-4-8(6-9(11)13)15-12(16)10(14)7-17-2;/h4-6,10H,3,7,14H2,1-2H3,(H,15,16);1H. The van der Waals surface area contributed by atoms with Crippen LogP contribution in [-0.4, -0.2) is 32.3 Å². The van der Waals surface area contributed by atoms with Crippen LogP contribution in [0, 0.1) is 5.82 Å². The van der Waals surface area contributed by atoms with Gasteiger partial charge >= 0.3 is 0 Å². The van der Waals surface area contributed by atoms with E-state index in [-0.39, 0.29) is 24.8 Å². The zero-order valence-corrected chi connectivity index (χ0v) is 11.6. The van der Waals surface area contributed by atoms with Crippen molar-refractivity contribution < 1.29 is 18.7 Å². The van der Waals surface area contributed by atoms with Gasteiger partial charge in [-0.2, -0.15) is 0 Å². The Morgan fingerprint density at radius 3 is 2.74 bits per heavy atom. The second-order valence-electron chi connectivity index (χ2n) is 3.63. The Kier molecular flexibility index (Phi) is 8.06. The lowest BCUT2D eigenvalue weighted by Crippen LogP contribution is -2.39. The lowest BCUT2D eigenvalue weighted by atomic mass is 10.2. The minimum absolute atomic E-state index is 0. The summed E-state index contributed by atoms with van der Waals surface area (Å²) in [5.74, 6) is -0.813. The van der Waals surface area contributed by atoms with E-state index < -0.39 is 17.8 Å². The van der Waals surface area contributed by atoms with Gasteiger partial charge in [-0.25, -0.2) is 4.39 Å². The lowest BCUT2D eigenvalue weighted by Gasteiger charge is -2.12. The van der Waals surface area contributed by atoms with Gasteiger partial charge in [0, 0.05) is 18.9 Å². The molecule has 3 N–H and O–H groups in total. The number of halogens is 2. The minimum atomic E-state index is -0.787. The van der Waals surface area contributed by atoms with Gasteiger partial charge in [0.05, 0.1) is 13.2 Å². The molecule has 1 atom stereocenters. The molecular formula is C12H18ClFN2O3. The molecule has 19 heavy (non-hydrogen) atoms. The summed E-state index contributed by atoms with van der Waals surface area (Å²) in [6.45, 7) is 2.24. The molecule has 1 aromatic rings. The van der Waals surface area contributed by atoms with Crippen LogP contribution in [0.25, 0.3) is 0 Å². The van der Waals surface area contributed by atoms with Crippen molar-refractivity contribution in [2.45, 2.75) is 13.0 Å². The molecule has 0 saturated carbocycles. The summed E-state index contributed by atoms with van der Waals surface area (Å²) < 4.78 is 23.3. The summed E-state index contributed by atoms with van der Waals surface area (Å²) in [6, 6.07) is 3.40. The molecule has 1 aromatic carbocycles. The van der Waals surface area contributed by atoms with Crippen LogP contribution in [0.1, 0.15) is 6.92 Å². The third kappa shape index (κ3) is 5.42. The van der Waals surface area contributed by atoms with Crippen LogP contribution in [-0.2, 0) is 9.53 Å². The van der Waals surface area contributed by atoms with Crippen molar-refractivity contribution in [3.05, 3.63) is 24.0 Å². The second-order valence-corrected chi connectivity index (χ2v) is 3.63. The van der Waals surface area contributed by atoms with Crippen LogP contribution in [0.2, 0.25) is 0 Å². The third-order valence-electron chi connectivity index (χ3n) is 2.18. The fourth-order valence-corrected chi connectivity index (χ4v) is 1.34. The Hall–Kier alpha value is -1.37. The Balaban J connectivity index is 0.00000324. The first-order chi connectivity index (χ1) is 8.58. The number of hydrogen-bond donors (Lipinski definition) is 2. The molecule has 5 nitrogen and oxygen atoms in total. The Morgan fingerprint density at radius 2 is 2.21 bits per heavy atom. The highest BCUT2D eigenvalue weighted by Crippen LogP contribution is 2.21. The fourth-order valence-electron chi connectivity index (χ4n) is 1.34. The van der Waals surface area contributed by atoms with Crippen molar-refractivity contribution in [1.29, 1.82) is 0 Å². The molecule has 0 aliphatic rings. The van der Waals surface area contributed by atoms with Gasteiger partial charge in [-0.15, -0.1) is 12.4 Å². The number of hydrogen-bond acceptors (Lipinski definition) is 4. The van der Waals surface area contributed by atoms with E-state index in [9.17, 15) is 9.18 Å². The first kappa shape index (κ1) is 17.6. The van der Waals surface area contributed by atoms with E-state index in [2.05, 4.69) is 5.32 Å². The topological polar surface area (TPSA) is 73.6 Å². The normalized spacial score (nSPS) is 11.4. The summed E-state index contributed by atoms with van der Waals surface area (Å²) in [6.07, 6.45) is 0. The van der Waals surface area contributed by atoms with Crippen LogP contribution in [0.15, 0.2) is 18.2 Å². The zero-order valence-electron chi connectivity index (χ0n) is 10.8. The molecule has 0 aliphatic heterocycles. The number of amides is 1. The Morgan fingerprint density at radius 1 is 1.53 bits per heavy atom. The van der Waals surface area contributed by atoms with E-state index in [0.717, 1.165) is 0 Å². The number of nitrogens with one attached hydrogen (secondary N) is 1. The van der Waals surface area contributed by atoms with Gasteiger partial charge in [0.2, 0.25) is 5.91 Å². The maximum atomic E-state index is 13.5. The smallest absolute Gasteiger partial charge is 0.243 e. The average molecular weight is 293 g/mol. The molecule has 1 rings (SSSR count). The van der Waals surface area contributed by atoms with E-state index in [1.165, 1.54) is 19.2 Å². The molecule has 0 radical (unpaired) electrons. The van der Waals surface area contributed by atoms with E-state index in [1.54, 1.807) is 13.0 Å². The van der Waals surface area contributed by atoms with Crippen LogP contribution in [0.4, 0.5) is 10.1 Å². The molecular weight excluding hydrogens is 275 g/mol. The highest BCUT2D eigenvalue weighted by molar-refractivity contribution is 5.94. The molecule has 0 bridgehead atoms. The Labute approximate surface area is 117 Å². The van der Waals surface area contributed by atoms with E-state index in [1.807, 2.05) is 0 Å². The molecule has 108 valence electrons. The van der Waals surface area contributed by atoms with Gasteiger partial charge in [-0.3, -0.25) is 4.79 Å². The number of carbonyl (C=O) groups excluding carboxylic acids is 1. The number of ether oxygens (including phenoxy) is 2. The summed E-state index contributed by atoms with van der Waals surface area (Å²) in [4.78, 5) is 11.6. The molecule has 0 aromatic heterocycles. The summed E-state index contributed by atoms with van der Waals surface area (Å²) in [7, 11) is 1.45. The number of benzene rings is 1. The monoisotopic (exact) mass is 292 g/mol. The van der Waals surface area contributed by atoms with Gasteiger partial charge in [-0.05, 0) is 19.1 Å². The van der Waals surface area contributed by atoms with Gasteiger partial charge < -0.3 is 20.5 Å². The molecule has 1 unspecified atom stereocenters. The Bertz CT molecular complexity index is 418. The SMILES string of the molecule is CCOc1ccc(NC(=O)C(N)COC)cc1F.Cl. The highest BCUT2D eigenvalue weighted by Gasteiger charge is 2.14. The first-order valence-corrected chi connectivity index (χ1v) is 5.56.